The molecular weight excluding hydrogens is 386 g/mol. The van der Waals surface area contributed by atoms with E-state index in [9.17, 15) is 9.59 Å². The summed E-state index contributed by atoms with van der Waals surface area (Å²) in [6.45, 7) is 0. The maximum absolute atomic E-state index is 11.1. The summed E-state index contributed by atoms with van der Waals surface area (Å²) in [5.74, 6) is -0.669. The number of carbonyl (C=O) groups is 2. The third kappa shape index (κ3) is 6.77. The Labute approximate surface area is 155 Å². The zero-order valence-electron chi connectivity index (χ0n) is 14.0. The predicted octanol–water partition coefficient (Wildman–Crippen LogP) is 3.91. The van der Waals surface area contributed by atoms with Gasteiger partial charge in [-0.15, -0.1) is 0 Å². The van der Waals surface area contributed by atoms with Crippen molar-refractivity contribution in [2.24, 2.45) is 0 Å². The second-order valence-corrected chi connectivity index (χ2v) is 5.41. The van der Waals surface area contributed by atoms with Crippen LogP contribution in [0, 0.1) is 11.3 Å². The zero-order chi connectivity index (χ0) is 18.7. The maximum Gasteiger partial charge on any atom is 0.337 e. The van der Waals surface area contributed by atoms with Crippen molar-refractivity contribution in [1.82, 2.24) is 0 Å². The highest BCUT2D eigenvalue weighted by Crippen LogP contribution is 2.09. The van der Waals surface area contributed by atoms with E-state index in [0.717, 1.165) is 16.5 Å². The molecule has 0 heterocycles. The van der Waals surface area contributed by atoms with Gasteiger partial charge in [-0.2, -0.15) is 5.26 Å². The van der Waals surface area contributed by atoms with Gasteiger partial charge in [-0.1, -0.05) is 40.2 Å². The molecule has 0 saturated carbocycles. The third-order valence-electron chi connectivity index (χ3n) is 3.13. The highest BCUT2D eigenvalue weighted by Gasteiger charge is 2.05. The molecule has 0 unspecified atom stereocenters. The summed E-state index contributed by atoms with van der Waals surface area (Å²) < 4.78 is 9.13. The van der Waals surface area contributed by atoms with E-state index in [1.807, 2.05) is 18.2 Å². The normalized spacial score (nSPS) is 9.20. The number of rotatable bonds is 4. The van der Waals surface area contributed by atoms with Gasteiger partial charge < -0.3 is 9.47 Å². The molecule has 2 rings (SSSR count). The van der Waals surface area contributed by atoms with Gasteiger partial charge in [-0.05, 0) is 35.4 Å². The summed E-state index contributed by atoms with van der Waals surface area (Å²) >= 11 is 3.31. The van der Waals surface area contributed by atoms with Gasteiger partial charge in [0.1, 0.15) is 0 Å². The molecule has 0 aromatic heterocycles. The molecule has 2 aromatic carbocycles. The SMILES string of the molecule is COC(=O)c1cccc(CBr)c1.COC(=O)c1cccc(CC#N)c1. The number of nitrogens with zero attached hydrogens (tertiary/aromatic N) is 1. The number of carbonyl (C=O) groups excluding carboxylic acids is 2. The molecule has 0 radical (unpaired) electrons. The Kier molecular flexibility index (Phi) is 8.97. The highest BCUT2D eigenvalue weighted by molar-refractivity contribution is 9.08. The van der Waals surface area contributed by atoms with E-state index in [1.165, 1.54) is 14.2 Å². The van der Waals surface area contributed by atoms with Crippen molar-refractivity contribution in [2.75, 3.05) is 14.2 Å². The number of alkyl halides is 1. The Bertz CT molecular complexity index is 768. The van der Waals surface area contributed by atoms with Crippen molar-refractivity contribution in [3.05, 3.63) is 70.8 Å². The first-order valence-electron chi connectivity index (χ1n) is 7.33. The highest BCUT2D eigenvalue weighted by atomic mass is 79.9. The summed E-state index contributed by atoms with van der Waals surface area (Å²) in [7, 11) is 2.71. The number of halogens is 1. The van der Waals surface area contributed by atoms with Gasteiger partial charge in [-0.25, -0.2) is 9.59 Å². The standard InChI is InChI=1S/C10H9NO2.C9H9BrO2/c1-13-10(12)9-4-2-3-8(7-9)5-6-11;1-12-9(11)8-4-2-3-7(5-8)6-10/h2-4,7H,5H2,1H3;2-5H,6H2,1H3. The van der Waals surface area contributed by atoms with Crippen molar-refractivity contribution in [2.45, 2.75) is 11.8 Å². The van der Waals surface area contributed by atoms with Gasteiger partial charge in [0.15, 0.2) is 0 Å². The van der Waals surface area contributed by atoms with Gasteiger partial charge in [0.05, 0.1) is 37.8 Å². The fraction of sp³-hybridized carbons (Fsp3) is 0.211. The summed E-state index contributed by atoms with van der Waals surface area (Å²) in [5.41, 5.74) is 2.97. The van der Waals surface area contributed by atoms with Gasteiger partial charge in [0.2, 0.25) is 0 Å². The summed E-state index contributed by atoms with van der Waals surface area (Å²) in [6.07, 6.45) is 0.310. The molecule has 0 fully saturated rings. The minimum Gasteiger partial charge on any atom is -0.465 e. The van der Waals surface area contributed by atoms with Crippen molar-refractivity contribution in [3.63, 3.8) is 0 Å². The van der Waals surface area contributed by atoms with Crippen LogP contribution in [0.3, 0.4) is 0 Å². The molecule has 6 heteroatoms. The van der Waals surface area contributed by atoms with Crippen LogP contribution in [0.4, 0.5) is 0 Å². The average molecular weight is 404 g/mol. The lowest BCUT2D eigenvalue weighted by molar-refractivity contribution is 0.0592. The van der Waals surface area contributed by atoms with Crippen LogP contribution in [0.15, 0.2) is 48.5 Å². The van der Waals surface area contributed by atoms with Crippen molar-refractivity contribution >= 4 is 27.9 Å². The molecule has 0 N–H and O–H groups in total. The van der Waals surface area contributed by atoms with Crippen LogP contribution in [0.1, 0.15) is 31.8 Å². The van der Waals surface area contributed by atoms with Gasteiger partial charge >= 0.3 is 11.9 Å². The molecule has 25 heavy (non-hydrogen) atoms. The Hall–Kier alpha value is -2.65. The van der Waals surface area contributed by atoms with Crippen LogP contribution < -0.4 is 0 Å². The van der Waals surface area contributed by atoms with E-state index in [2.05, 4.69) is 25.4 Å². The molecule has 0 aliphatic rings. The largest absolute Gasteiger partial charge is 0.465 e. The van der Waals surface area contributed by atoms with Crippen molar-refractivity contribution in [3.8, 4) is 6.07 Å². The lowest BCUT2D eigenvalue weighted by Gasteiger charge is -2.00. The van der Waals surface area contributed by atoms with Crippen molar-refractivity contribution < 1.29 is 19.1 Å². The quantitative estimate of drug-likeness (QED) is 0.571. The van der Waals surface area contributed by atoms with Crippen LogP contribution in [0.5, 0.6) is 0 Å². The predicted molar refractivity (Wildman–Crippen MR) is 97.5 cm³/mol. The van der Waals surface area contributed by atoms with Gasteiger partial charge in [0.25, 0.3) is 0 Å². The van der Waals surface area contributed by atoms with E-state index >= 15 is 0 Å². The number of esters is 2. The number of hydrogen-bond acceptors (Lipinski definition) is 5. The molecule has 130 valence electrons. The fourth-order valence-electron chi connectivity index (χ4n) is 1.92. The van der Waals surface area contributed by atoms with Gasteiger partial charge in [-0.3, -0.25) is 0 Å². The summed E-state index contributed by atoms with van der Waals surface area (Å²) in [5, 5.41) is 9.19. The number of hydrogen-bond donors (Lipinski definition) is 0. The molecule has 2 aromatic rings. The third-order valence-corrected chi connectivity index (χ3v) is 3.78. The Morgan fingerprint density at radius 1 is 0.960 bits per heavy atom. The summed E-state index contributed by atoms with van der Waals surface area (Å²) in [6, 6.07) is 16.2. The molecular formula is C19H18BrNO4. The molecule has 5 nitrogen and oxygen atoms in total. The average Bonchev–Trinajstić information content (AvgIpc) is 2.67. The van der Waals surface area contributed by atoms with Crippen LogP contribution >= 0.6 is 15.9 Å². The van der Waals surface area contributed by atoms with Crippen LogP contribution in [0.2, 0.25) is 0 Å². The lowest BCUT2D eigenvalue weighted by Crippen LogP contribution is -2.01. The number of methoxy groups -OCH3 is 2. The van der Waals surface area contributed by atoms with E-state index in [0.29, 0.717) is 17.5 Å². The monoisotopic (exact) mass is 403 g/mol. The van der Waals surface area contributed by atoms with Crippen LogP contribution in [-0.2, 0) is 21.2 Å². The number of ether oxygens (including phenoxy) is 2. The smallest absolute Gasteiger partial charge is 0.337 e. The maximum atomic E-state index is 11.1. The van der Waals surface area contributed by atoms with E-state index < -0.39 is 0 Å². The first kappa shape index (κ1) is 20.4. The Morgan fingerprint density at radius 2 is 1.44 bits per heavy atom. The molecule has 0 saturated heterocycles. The Balaban J connectivity index is 0.000000251. The Morgan fingerprint density at radius 3 is 1.88 bits per heavy atom. The molecule has 0 bridgehead atoms. The molecule has 0 spiro atoms. The topological polar surface area (TPSA) is 76.4 Å². The first-order valence-corrected chi connectivity index (χ1v) is 8.45. The molecule has 0 amide bonds. The molecule has 0 aliphatic heterocycles. The van der Waals surface area contributed by atoms with E-state index in [4.69, 9.17) is 5.26 Å². The zero-order valence-corrected chi connectivity index (χ0v) is 15.6. The summed E-state index contributed by atoms with van der Waals surface area (Å²) in [4.78, 5) is 22.1. The second kappa shape index (κ2) is 11.0. The van der Waals surface area contributed by atoms with Crippen molar-refractivity contribution in [1.29, 1.82) is 5.26 Å². The van der Waals surface area contributed by atoms with E-state index in [1.54, 1.807) is 36.4 Å². The van der Waals surface area contributed by atoms with E-state index in [-0.39, 0.29) is 11.9 Å². The van der Waals surface area contributed by atoms with Gasteiger partial charge in [0, 0.05) is 5.33 Å². The second-order valence-electron chi connectivity index (χ2n) is 4.85. The minimum absolute atomic E-state index is 0.294. The number of nitriles is 1. The minimum atomic E-state index is -0.375. The first-order chi connectivity index (χ1) is 12.0. The lowest BCUT2D eigenvalue weighted by atomic mass is 10.1. The molecule has 0 atom stereocenters. The number of benzene rings is 2. The van der Waals surface area contributed by atoms with Crippen LogP contribution in [-0.4, -0.2) is 26.2 Å². The molecule has 0 aliphatic carbocycles. The van der Waals surface area contributed by atoms with Crippen LogP contribution in [0.25, 0.3) is 0 Å². The fourth-order valence-corrected chi connectivity index (χ4v) is 2.27.